The van der Waals surface area contributed by atoms with E-state index in [0.29, 0.717) is 26.8 Å². The first-order chi connectivity index (χ1) is 17.3. The van der Waals surface area contributed by atoms with E-state index < -0.39 is 22.8 Å². The minimum Gasteiger partial charge on any atom is -0.450 e. The first-order valence-electron chi connectivity index (χ1n) is 10.9. The fourth-order valence-corrected chi connectivity index (χ4v) is 6.69. The van der Waals surface area contributed by atoms with Crippen LogP contribution in [0.5, 0.6) is 0 Å². The molecule has 0 saturated heterocycles. The van der Waals surface area contributed by atoms with E-state index in [-0.39, 0.29) is 27.4 Å². The normalized spacial score (nSPS) is 18.6. The molecule has 2 amide bonds. The summed E-state index contributed by atoms with van der Waals surface area (Å²) in [5.41, 5.74) is -0.419. The van der Waals surface area contributed by atoms with Crippen molar-refractivity contribution in [2.24, 2.45) is 0 Å². The highest BCUT2D eigenvalue weighted by atomic mass is 35.5. The number of benzene rings is 3. The van der Waals surface area contributed by atoms with Gasteiger partial charge in [-0.05, 0) is 42.5 Å². The number of anilines is 2. The molecule has 2 aliphatic heterocycles. The van der Waals surface area contributed by atoms with E-state index in [2.05, 4.69) is 4.98 Å². The Labute approximate surface area is 217 Å². The molecule has 7 nitrogen and oxygen atoms in total. The van der Waals surface area contributed by atoms with Crippen LogP contribution in [-0.2, 0) is 10.3 Å². The predicted octanol–water partition coefficient (Wildman–Crippen LogP) is 5.59. The van der Waals surface area contributed by atoms with Crippen molar-refractivity contribution >= 4 is 78.4 Å². The number of hydrogen-bond acceptors (Lipinski definition) is 6. The molecular formula is C26H13Cl2N3O4S. The second-order valence-corrected chi connectivity index (χ2v) is 10.5. The van der Waals surface area contributed by atoms with Crippen LogP contribution in [0.1, 0.15) is 21.7 Å². The SMILES string of the molecule is CN1C(=O)C2(c3ccccc31)c1c(oc3ccc(Cl)cc3c1=O)C(=O)N2c1nc2ccc(Cl)cc2s1. The van der Waals surface area contributed by atoms with Gasteiger partial charge in [-0.2, -0.15) is 0 Å². The molecule has 1 atom stereocenters. The van der Waals surface area contributed by atoms with Crippen molar-refractivity contribution < 1.29 is 14.0 Å². The van der Waals surface area contributed by atoms with Gasteiger partial charge in [0.05, 0.1) is 21.2 Å². The molecule has 0 aliphatic carbocycles. The molecule has 0 N–H and O–H groups in total. The lowest BCUT2D eigenvalue weighted by atomic mass is 9.84. The van der Waals surface area contributed by atoms with E-state index in [0.717, 1.165) is 4.70 Å². The van der Waals surface area contributed by atoms with Crippen molar-refractivity contribution in [3.63, 3.8) is 0 Å². The lowest BCUT2D eigenvalue weighted by Crippen LogP contribution is -2.53. The molecule has 1 unspecified atom stereocenters. The maximum atomic E-state index is 14.2. The molecule has 10 heteroatoms. The fourth-order valence-electron chi connectivity index (χ4n) is 5.22. The summed E-state index contributed by atoms with van der Waals surface area (Å²) in [7, 11) is 1.62. The molecule has 36 heavy (non-hydrogen) atoms. The zero-order valence-corrected chi connectivity index (χ0v) is 20.7. The summed E-state index contributed by atoms with van der Waals surface area (Å²) in [6.07, 6.45) is 0. The van der Waals surface area contributed by atoms with Gasteiger partial charge < -0.3 is 9.32 Å². The quantitative estimate of drug-likeness (QED) is 0.280. The average molecular weight is 534 g/mol. The summed E-state index contributed by atoms with van der Waals surface area (Å²) in [5, 5.41) is 1.29. The minimum atomic E-state index is -1.79. The summed E-state index contributed by atoms with van der Waals surface area (Å²) in [6, 6.07) is 16.9. The van der Waals surface area contributed by atoms with Gasteiger partial charge in [0.1, 0.15) is 5.58 Å². The molecule has 3 aromatic carbocycles. The van der Waals surface area contributed by atoms with Gasteiger partial charge in [0.2, 0.25) is 5.76 Å². The number of carbonyl (C=O) groups is 2. The summed E-state index contributed by atoms with van der Waals surface area (Å²) < 4.78 is 6.75. The second kappa shape index (κ2) is 7.16. The largest absolute Gasteiger partial charge is 0.450 e. The summed E-state index contributed by atoms with van der Waals surface area (Å²) in [4.78, 5) is 49.7. The van der Waals surface area contributed by atoms with Gasteiger partial charge in [-0.15, -0.1) is 0 Å². The lowest BCUT2D eigenvalue weighted by Gasteiger charge is -2.31. The molecule has 0 bridgehead atoms. The van der Waals surface area contributed by atoms with Crippen LogP contribution in [-0.4, -0.2) is 23.8 Å². The van der Waals surface area contributed by atoms with Crippen LogP contribution in [0.4, 0.5) is 10.8 Å². The van der Waals surface area contributed by atoms with Crippen molar-refractivity contribution in [2.75, 3.05) is 16.8 Å². The molecule has 1 spiro atoms. The number of thiazole rings is 1. The number of nitrogens with zero attached hydrogens (tertiary/aromatic N) is 3. The van der Waals surface area contributed by atoms with E-state index >= 15 is 0 Å². The second-order valence-electron chi connectivity index (χ2n) is 8.62. The number of likely N-dealkylation sites (N-methyl/N-ethyl adjacent to an activating group) is 1. The van der Waals surface area contributed by atoms with Gasteiger partial charge >= 0.3 is 0 Å². The van der Waals surface area contributed by atoms with Gasteiger partial charge in [0.15, 0.2) is 16.1 Å². The van der Waals surface area contributed by atoms with Crippen molar-refractivity contribution in [2.45, 2.75) is 5.54 Å². The highest BCUT2D eigenvalue weighted by molar-refractivity contribution is 7.22. The third-order valence-corrected chi connectivity index (χ3v) is 8.22. The number of carbonyl (C=O) groups excluding carboxylic acids is 2. The lowest BCUT2D eigenvalue weighted by molar-refractivity contribution is -0.121. The minimum absolute atomic E-state index is 0.0404. The van der Waals surface area contributed by atoms with Crippen molar-refractivity contribution in [3.8, 4) is 0 Å². The molecule has 7 rings (SSSR count). The molecule has 2 aromatic heterocycles. The Bertz CT molecular complexity index is 1880. The Balaban J connectivity index is 1.64. The molecule has 0 radical (unpaired) electrons. The smallest absolute Gasteiger partial charge is 0.297 e. The van der Waals surface area contributed by atoms with E-state index in [9.17, 15) is 14.4 Å². The average Bonchev–Trinajstić information content (AvgIpc) is 3.46. The Morgan fingerprint density at radius 2 is 1.72 bits per heavy atom. The monoisotopic (exact) mass is 533 g/mol. The number of para-hydroxylation sites is 1. The van der Waals surface area contributed by atoms with Crippen LogP contribution in [0.2, 0.25) is 10.0 Å². The van der Waals surface area contributed by atoms with Crippen LogP contribution in [0.3, 0.4) is 0 Å². The standard InChI is InChI=1S/C26H13Cl2N3O4S/c1-30-17-5-3-2-4-15(17)26(24(30)34)20-21(32)14-10-12(27)7-9-18(14)35-22(20)23(33)31(26)25-29-16-8-6-13(28)11-19(16)36-25/h2-11H,1H3. The number of hydrogen-bond donors (Lipinski definition) is 0. The van der Waals surface area contributed by atoms with E-state index in [1.165, 1.54) is 33.3 Å². The number of aromatic nitrogens is 1. The molecule has 176 valence electrons. The van der Waals surface area contributed by atoms with Gasteiger partial charge in [-0.3, -0.25) is 19.3 Å². The zero-order chi connectivity index (χ0) is 24.9. The zero-order valence-electron chi connectivity index (χ0n) is 18.4. The summed E-state index contributed by atoms with van der Waals surface area (Å²) >= 11 is 13.6. The number of rotatable bonds is 1. The number of amides is 2. The topological polar surface area (TPSA) is 83.7 Å². The highest BCUT2D eigenvalue weighted by Gasteiger charge is 2.65. The Morgan fingerprint density at radius 3 is 2.56 bits per heavy atom. The van der Waals surface area contributed by atoms with Gasteiger partial charge in [0, 0.05) is 28.3 Å². The Morgan fingerprint density at radius 1 is 0.972 bits per heavy atom. The molecule has 2 aliphatic rings. The molecule has 4 heterocycles. The highest BCUT2D eigenvalue weighted by Crippen LogP contribution is 2.54. The third-order valence-electron chi connectivity index (χ3n) is 6.75. The van der Waals surface area contributed by atoms with Crippen molar-refractivity contribution in [1.29, 1.82) is 0 Å². The van der Waals surface area contributed by atoms with E-state index in [1.54, 1.807) is 55.6 Å². The number of fused-ring (bicyclic) bond motifs is 6. The Kier molecular flexibility index (Phi) is 4.29. The van der Waals surface area contributed by atoms with Crippen LogP contribution in [0, 0.1) is 0 Å². The first kappa shape index (κ1) is 21.6. The van der Waals surface area contributed by atoms with Gasteiger partial charge in [-0.1, -0.05) is 52.7 Å². The van der Waals surface area contributed by atoms with Crippen LogP contribution in [0.25, 0.3) is 21.2 Å². The maximum absolute atomic E-state index is 14.2. The summed E-state index contributed by atoms with van der Waals surface area (Å²) in [6.45, 7) is 0. The molecule has 0 fully saturated rings. The van der Waals surface area contributed by atoms with E-state index in [1.807, 2.05) is 0 Å². The van der Waals surface area contributed by atoms with Gasteiger partial charge in [0.25, 0.3) is 11.8 Å². The molecule has 0 saturated carbocycles. The van der Waals surface area contributed by atoms with Crippen molar-refractivity contribution in [1.82, 2.24) is 4.98 Å². The predicted molar refractivity (Wildman–Crippen MR) is 140 cm³/mol. The van der Waals surface area contributed by atoms with Crippen molar-refractivity contribution in [3.05, 3.63) is 97.8 Å². The van der Waals surface area contributed by atoms with Crippen LogP contribution >= 0.6 is 34.5 Å². The third kappa shape index (κ3) is 2.53. The number of halogens is 2. The first-order valence-corrected chi connectivity index (χ1v) is 12.4. The summed E-state index contributed by atoms with van der Waals surface area (Å²) in [5.74, 6) is -1.27. The van der Waals surface area contributed by atoms with E-state index in [4.69, 9.17) is 27.6 Å². The fraction of sp³-hybridized carbons (Fsp3) is 0.0769. The Hall–Kier alpha value is -3.72. The van der Waals surface area contributed by atoms with Gasteiger partial charge in [-0.25, -0.2) is 4.98 Å². The maximum Gasteiger partial charge on any atom is 0.297 e. The van der Waals surface area contributed by atoms with Crippen LogP contribution < -0.4 is 15.2 Å². The molecular weight excluding hydrogens is 521 g/mol. The molecule has 5 aromatic rings. The van der Waals surface area contributed by atoms with Crippen LogP contribution in [0.15, 0.2) is 69.9 Å².